The number of fused-ring (bicyclic) bond motifs is 1. The van der Waals surface area contributed by atoms with E-state index in [0.717, 1.165) is 11.8 Å². The molecule has 1 heterocycles. The summed E-state index contributed by atoms with van der Waals surface area (Å²) in [5.74, 6) is -0.638. The Morgan fingerprint density at radius 2 is 1.93 bits per heavy atom. The summed E-state index contributed by atoms with van der Waals surface area (Å²) in [5, 5.41) is 0.681. The highest BCUT2D eigenvalue weighted by Crippen LogP contribution is 2.20. The highest BCUT2D eigenvalue weighted by molar-refractivity contribution is 7.92. The molecule has 0 amide bonds. The Morgan fingerprint density at radius 3 is 2.67 bits per heavy atom. The molecule has 0 saturated heterocycles. The summed E-state index contributed by atoms with van der Waals surface area (Å²) in [7, 11) is -3.45. The molecule has 0 saturated carbocycles. The van der Waals surface area contributed by atoms with Crippen molar-refractivity contribution in [2.24, 2.45) is 0 Å². The van der Waals surface area contributed by atoms with E-state index in [4.69, 9.17) is 9.15 Å². The summed E-state index contributed by atoms with van der Waals surface area (Å²) in [4.78, 5) is 24.0. The van der Waals surface area contributed by atoms with Crippen LogP contribution in [0, 0.1) is 6.92 Å². The van der Waals surface area contributed by atoms with Gasteiger partial charge in [0.05, 0.1) is 11.8 Å². The zero-order valence-corrected chi connectivity index (χ0v) is 15.5. The van der Waals surface area contributed by atoms with Gasteiger partial charge in [-0.3, -0.25) is 4.72 Å². The highest BCUT2D eigenvalue weighted by atomic mass is 32.2. The normalized spacial score (nSPS) is 11.3. The predicted molar refractivity (Wildman–Crippen MR) is 101 cm³/mol. The number of hydrogen-bond acceptors (Lipinski definition) is 6. The Balaban J connectivity index is 1.81. The second-order valence-corrected chi connectivity index (χ2v) is 7.87. The summed E-state index contributed by atoms with van der Waals surface area (Å²) < 4.78 is 35.4. The van der Waals surface area contributed by atoms with Gasteiger partial charge in [-0.15, -0.1) is 0 Å². The molecule has 0 radical (unpaired) electrons. The van der Waals surface area contributed by atoms with E-state index in [0.29, 0.717) is 16.5 Å². The molecule has 3 rings (SSSR count). The number of rotatable bonds is 5. The monoisotopic (exact) mass is 387 g/mol. The lowest BCUT2D eigenvalue weighted by Crippen LogP contribution is -2.11. The minimum absolute atomic E-state index is 0.117. The number of carbonyl (C=O) groups is 1. The molecule has 7 nitrogen and oxygen atoms in total. The molecule has 0 aliphatic heterocycles. The van der Waals surface area contributed by atoms with Gasteiger partial charge in [0.25, 0.3) is 0 Å². The lowest BCUT2D eigenvalue weighted by molar-refractivity contribution is 0.0474. The van der Waals surface area contributed by atoms with Crippen molar-refractivity contribution in [2.45, 2.75) is 13.5 Å². The number of ether oxygens (including phenoxy) is 1. The fourth-order valence-corrected chi connectivity index (χ4v) is 3.16. The largest absolute Gasteiger partial charge is 0.457 e. The van der Waals surface area contributed by atoms with Crippen molar-refractivity contribution in [2.75, 3.05) is 11.0 Å². The number of hydrogen-bond donors (Lipinski definition) is 1. The number of anilines is 1. The molecular formula is C19H17NO6S. The molecule has 8 heteroatoms. The van der Waals surface area contributed by atoms with Crippen LogP contribution in [0.5, 0.6) is 0 Å². The van der Waals surface area contributed by atoms with Crippen LogP contribution in [-0.4, -0.2) is 20.6 Å². The fourth-order valence-electron chi connectivity index (χ4n) is 2.61. The van der Waals surface area contributed by atoms with E-state index in [1.54, 1.807) is 18.2 Å². The molecule has 1 N–H and O–H groups in total. The maximum Gasteiger partial charge on any atom is 0.338 e. The standard InChI is InChI=1S/C19H17NO6S/c1-12-6-7-16-14(10-18(21)26-17(16)8-12)11-25-19(22)13-4-3-5-15(9-13)20-27(2,23)24/h3-10,20H,11H2,1-2H3. The average molecular weight is 387 g/mol. The molecule has 0 unspecified atom stereocenters. The van der Waals surface area contributed by atoms with Crippen LogP contribution in [0.25, 0.3) is 11.0 Å². The van der Waals surface area contributed by atoms with Crippen molar-refractivity contribution >= 4 is 32.6 Å². The van der Waals surface area contributed by atoms with E-state index in [9.17, 15) is 18.0 Å². The van der Waals surface area contributed by atoms with Crippen molar-refractivity contribution in [1.82, 2.24) is 0 Å². The minimum Gasteiger partial charge on any atom is -0.457 e. The number of carbonyl (C=O) groups excluding carboxylic acids is 1. The molecule has 0 spiro atoms. The van der Waals surface area contributed by atoms with Gasteiger partial charge >= 0.3 is 11.6 Å². The maximum absolute atomic E-state index is 12.3. The van der Waals surface area contributed by atoms with Gasteiger partial charge in [-0.2, -0.15) is 0 Å². The van der Waals surface area contributed by atoms with Crippen LogP contribution >= 0.6 is 0 Å². The van der Waals surface area contributed by atoms with Crippen molar-refractivity contribution in [3.8, 4) is 0 Å². The van der Waals surface area contributed by atoms with Gasteiger partial charge in [0.15, 0.2) is 0 Å². The van der Waals surface area contributed by atoms with Crippen LogP contribution in [0.2, 0.25) is 0 Å². The van der Waals surface area contributed by atoms with Gasteiger partial charge in [0, 0.05) is 22.7 Å². The van der Waals surface area contributed by atoms with E-state index in [1.807, 2.05) is 13.0 Å². The maximum atomic E-state index is 12.3. The van der Waals surface area contributed by atoms with Gasteiger partial charge in [0.1, 0.15) is 12.2 Å². The Morgan fingerprint density at radius 1 is 1.15 bits per heavy atom. The Bertz CT molecular complexity index is 1180. The SMILES string of the molecule is Cc1ccc2c(COC(=O)c3cccc(NS(C)(=O)=O)c3)cc(=O)oc2c1. The quantitative estimate of drug-likeness (QED) is 0.533. The molecule has 0 aliphatic rings. The smallest absolute Gasteiger partial charge is 0.338 e. The topological polar surface area (TPSA) is 103 Å². The molecule has 0 fully saturated rings. The number of nitrogens with one attached hydrogen (secondary N) is 1. The fraction of sp³-hybridized carbons (Fsp3) is 0.158. The summed E-state index contributed by atoms with van der Waals surface area (Å²) in [6.45, 7) is 1.76. The van der Waals surface area contributed by atoms with Crippen LogP contribution < -0.4 is 10.3 Å². The van der Waals surface area contributed by atoms with Crippen LogP contribution in [0.15, 0.2) is 57.7 Å². The Labute approximate surface area is 155 Å². The Kier molecular flexibility index (Phi) is 5.00. The average Bonchev–Trinajstić information content (AvgIpc) is 2.57. The molecule has 2 aromatic carbocycles. The van der Waals surface area contributed by atoms with E-state index in [1.165, 1.54) is 24.3 Å². The first-order valence-corrected chi connectivity index (χ1v) is 9.89. The van der Waals surface area contributed by atoms with Crippen molar-refractivity contribution in [1.29, 1.82) is 0 Å². The second-order valence-electron chi connectivity index (χ2n) is 6.12. The molecular weight excluding hydrogens is 370 g/mol. The number of aryl methyl sites for hydroxylation is 1. The van der Waals surface area contributed by atoms with Crippen LogP contribution in [-0.2, 0) is 21.4 Å². The number of sulfonamides is 1. The molecule has 3 aromatic rings. The second kappa shape index (κ2) is 7.24. The number of benzene rings is 2. The summed E-state index contributed by atoms with van der Waals surface area (Å²) in [6.07, 6.45) is 1.02. The number of esters is 1. The first-order valence-electron chi connectivity index (χ1n) is 8.00. The third-order valence-corrected chi connectivity index (χ3v) is 4.35. The van der Waals surface area contributed by atoms with Crippen molar-refractivity contribution in [3.05, 3.63) is 75.6 Å². The van der Waals surface area contributed by atoms with Gasteiger partial charge in [0.2, 0.25) is 10.0 Å². The third-order valence-electron chi connectivity index (χ3n) is 3.75. The molecule has 140 valence electrons. The molecule has 0 aliphatic carbocycles. The van der Waals surface area contributed by atoms with E-state index < -0.39 is 21.6 Å². The summed E-state index contributed by atoms with van der Waals surface area (Å²) in [6, 6.07) is 12.6. The van der Waals surface area contributed by atoms with Gasteiger partial charge in [-0.25, -0.2) is 18.0 Å². The van der Waals surface area contributed by atoms with E-state index >= 15 is 0 Å². The molecule has 0 atom stereocenters. The minimum atomic E-state index is -3.45. The lowest BCUT2D eigenvalue weighted by atomic mass is 10.1. The zero-order valence-electron chi connectivity index (χ0n) is 14.7. The molecule has 1 aromatic heterocycles. The van der Waals surface area contributed by atoms with Gasteiger partial charge in [-0.05, 0) is 36.8 Å². The van der Waals surface area contributed by atoms with Gasteiger partial charge < -0.3 is 9.15 Å². The van der Waals surface area contributed by atoms with E-state index in [2.05, 4.69) is 4.72 Å². The third kappa shape index (κ3) is 4.73. The van der Waals surface area contributed by atoms with Crippen LogP contribution in [0.4, 0.5) is 5.69 Å². The predicted octanol–water partition coefficient (Wildman–Crippen LogP) is 2.83. The first-order chi connectivity index (χ1) is 12.7. The van der Waals surface area contributed by atoms with Crippen molar-refractivity contribution < 1.29 is 22.4 Å². The zero-order chi connectivity index (χ0) is 19.6. The van der Waals surface area contributed by atoms with Crippen LogP contribution in [0.3, 0.4) is 0 Å². The van der Waals surface area contributed by atoms with Gasteiger partial charge in [-0.1, -0.05) is 18.2 Å². The Hall–Kier alpha value is -3.13. The van der Waals surface area contributed by atoms with E-state index in [-0.39, 0.29) is 17.9 Å². The first kappa shape index (κ1) is 18.7. The molecule has 0 bridgehead atoms. The van der Waals surface area contributed by atoms with Crippen LogP contribution in [0.1, 0.15) is 21.5 Å². The highest BCUT2D eigenvalue weighted by Gasteiger charge is 2.12. The summed E-state index contributed by atoms with van der Waals surface area (Å²) in [5.41, 5.74) is 1.81. The lowest BCUT2D eigenvalue weighted by Gasteiger charge is -2.09. The summed E-state index contributed by atoms with van der Waals surface area (Å²) >= 11 is 0. The van der Waals surface area contributed by atoms with Crippen molar-refractivity contribution in [3.63, 3.8) is 0 Å². The molecule has 27 heavy (non-hydrogen) atoms.